The topological polar surface area (TPSA) is 70.1 Å². The van der Waals surface area contributed by atoms with Gasteiger partial charge in [0.1, 0.15) is 11.5 Å². The van der Waals surface area contributed by atoms with Crippen LogP contribution in [0.4, 0.5) is 0 Å². The van der Waals surface area contributed by atoms with E-state index in [4.69, 9.17) is 4.74 Å². The summed E-state index contributed by atoms with van der Waals surface area (Å²) in [5, 5.41) is 11.3. The van der Waals surface area contributed by atoms with Crippen LogP contribution in [0.2, 0.25) is 0 Å². The number of carbonyl (C=O) groups is 2. The summed E-state index contributed by atoms with van der Waals surface area (Å²) >= 11 is 0. The van der Waals surface area contributed by atoms with Gasteiger partial charge in [-0.2, -0.15) is 0 Å². The molecule has 2 aromatic carbocycles. The molecule has 0 radical (unpaired) electrons. The van der Waals surface area contributed by atoms with Crippen molar-refractivity contribution in [3.63, 3.8) is 0 Å². The standard InChI is InChI=1S/C28H36N2O4/c1-6-7-17-34-22-13-14-23(20(3)18-22)26(31)24-25(21-11-9-19(2)10-12-21)30(28(33)27(24)32)16-8-15-29(4)5/h9-14,18,25,31H,6-8,15-17H2,1-5H3. The fourth-order valence-corrected chi connectivity index (χ4v) is 4.23. The number of hydrogen-bond donors (Lipinski definition) is 1. The van der Waals surface area contributed by atoms with Crippen molar-refractivity contribution in [1.29, 1.82) is 0 Å². The van der Waals surface area contributed by atoms with Gasteiger partial charge in [0.05, 0.1) is 18.2 Å². The predicted octanol–water partition coefficient (Wildman–Crippen LogP) is 4.86. The van der Waals surface area contributed by atoms with Crippen LogP contribution in [0.1, 0.15) is 54.5 Å². The van der Waals surface area contributed by atoms with Crippen molar-refractivity contribution in [2.45, 2.75) is 46.1 Å². The zero-order valence-corrected chi connectivity index (χ0v) is 20.9. The van der Waals surface area contributed by atoms with Gasteiger partial charge in [0, 0.05) is 12.1 Å². The molecule has 0 aromatic heterocycles. The third kappa shape index (κ3) is 5.68. The molecule has 0 saturated carbocycles. The first-order chi connectivity index (χ1) is 16.2. The van der Waals surface area contributed by atoms with E-state index in [1.165, 1.54) is 0 Å². The molecule has 1 heterocycles. The van der Waals surface area contributed by atoms with Crippen molar-refractivity contribution < 1.29 is 19.4 Å². The Labute approximate surface area is 202 Å². The average molecular weight is 465 g/mol. The molecular weight excluding hydrogens is 428 g/mol. The van der Waals surface area contributed by atoms with Gasteiger partial charge < -0.3 is 19.6 Å². The average Bonchev–Trinajstić information content (AvgIpc) is 3.04. The molecule has 6 heteroatoms. The molecule has 1 saturated heterocycles. The SMILES string of the molecule is CCCCOc1ccc(C(O)=C2C(=O)C(=O)N(CCCN(C)C)C2c2ccc(C)cc2)c(C)c1. The second-order valence-corrected chi connectivity index (χ2v) is 9.24. The lowest BCUT2D eigenvalue weighted by molar-refractivity contribution is -0.139. The number of Topliss-reactive ketones (excluding diaryl/α,β-unsaturated/α-hetero) is 1. The summed E-state index contributed by atoms with van der Waals surface area (Å²) in [6, 6.07) is 12.6. The highest BCUT2D eigenvalue weighted by molar-refractivity contribution is 6.46. The third-order valence-electron chi connectivity index (χ3n) is 6.16. The molecule has 6 nitrogen and oxygen atoms in total. The molecule has 34 heavy (non-hydrogen) atoms. The van der Waals surface area contributed by atoms with E-state index in [2.05, 4.69) is 6.92 Å². The molecule has 0 spiro atoms. The molecule has 182 valence electrons. The molecule has 1 aliphatic rings. The first kappa shape index (κ1) is 25.5. The summed E-state index contributed by atoms with van der Waals surface area (Å²) in [5.74, 6) is -0.628. The van der Waals surface area contributed by atoms with Gasteiger partial charge in [-0.15, -0.1) is 0 Å². The van der Waals surface area contributed by atoms with Gasteiger partial charge in [-0.25, -0.2) is 0 Å². The molecule has 1 fully saturated rings. The molecule has 3 rings (SSSR count). The molecule has 0 aliphatic carbocycles. The number of likely N-dealkylation sites (tertiary alicyclic amines) is 1. The van der Waals surface area contributed by atoms with Gasteiger partial charge in [0.15, 0.2) is 0 Å². The van der Waals surface area contributed by atoms with Crippen molar-refractivity contribution >= 4 is 17.4 Å². The lowest BCUT2D eigenvalue weighted by atomic mass is 9.93. The molecule has 2 aromatic rings. The zero-order chi connectivity index (χ0) is 24.8. The van der Waals surface area contributed by atoms with Crippen molar-refractivity contribution in [3.05, 3.63) is 70.3 Å². The van der Waals surface area contributed by atoms with E-state index >= 15 is 0 Å². The monoisotopic (exact) mass is 464 g/mol. The maximum atomic E-state index is 13.2. The van der Waals surface area contributed by atoms with Crippen molar-refractivity contribution in [2.75, 3.05) is 33.8 Å². The number of ketones is 1. The summed E-state index contributed by atoms with van der Waals surface area (Å²) in [5.41, 5.74) is 3.36. The second kappa shape index (κ2) is 11.3. The summed E-state index contributed by atoms with van der Waals surface area (Å²) in [7, 11) is 3.95. The van der Waals surface area contributed by atoms with Crippen LogP contribution in [0.25, 0.3) is 5.76 Å². The van der Waals surface area contributed by atoms with E-state index in [1.54, 1.807) is 17.0 Å². The van der Waals surface area contributed by atoms with E-state index in [0.717, 1.165) is 48.2 Å². The predicted molar refractivity (Wildman–Crippen MR) is 135 cm³/mol. The van der Waals surface area contributed by atoms with Crippen LogP contribution in [-0.4, -0.2) is 60.4 Å². The van der Waals surface area contributed by atoms with Crippen LogP contribution in [0, 0.1) is 13.8 Å². The molecule has 0 bridgehead atoms. The number of nitrogens with zero attached hydrogens (tertiary/aromatic N) is 2. The maximum absolute atomic E-state index is 13.2. The molecule has 1 atom stereocenters. The number of aliphatic hydroxyl groups is 1. The second-order valence-electron chi connectivity index (χ2n) is 9.24. The lowest BCUT2D eigenvalue weighted by Crippen LogP contribution is -2.32. The summed E-state index contributed by atoms with van der Waals surface area (Å²) < 4.78 is 5.78. The lowest BCUT2D eigenvalue weighted by Gasteiger charge is -2.26. The fourth-order valence-electron chi connectivity index (χ4n) is 4.23. The van der Waals surface area contributed by atoms with Gasteiger partial charge in [-0.3, -0.25) is 9.59 Å². The quantitative estimate of drug-likeness (QED) is 0.235. The zero-order valence-electron chi connectivity index (χ0n) is 20.9. The van der Waals surface area contributed by atoms with Crippen molar-refractivity contribution in [1.82, 2.24) is 9.80 Å². The van der Waals surface area contributed by atoms with E-state index in [-0.39, 0.29) is 11.3 Å². The molecule has 1 unspecified atom stereocenters. The Morgan fingerprint density at radius 2 is 1.76 bits per heavy atom. The molecule has 1 aliphatic heterocycles. The van der Waals surface area contributed by atoms with Crippen molar-refractivity contribution in [2.24, 2.45) is 0 Å². The van der Waals surface area contributed by atoms with Crippen LogP contribution in [0.15, 0.2) is 48.0 Å². The highest BCUT2D eigenvalue weighted by atomic mass is 16.5. The number of carbonyl (C=O) groups excluding carboxylic acids is 2. The number of hydrogen-bond acceptors (Lipinski definition) is 5. The number of unbranched alkanes of at least 4 members (excludes halogenated alkanes) is 1. The number of rotatable bonds is 10. The van der Waals surface area contributed by atoms with Gasteiger partial charge in [-0.05, 0) is 76.7 Å². The van der Waals surface area contributed by atoms with E-state index < -0.39 is 17.7 Å². The first-order valence-electron chi connectivity index (χ1n) is 12.0. The minimum atomic E-state index is -0.643. The highest BCUT2D eigenvalue weighted by Gasteiger charge is 2.45. The normalized spacial score (nSPS) is 17.6. The van der Waals surface area contributed by atoms with Crippen molar-refractivity contribution in [3.8, 4) is 5.75 Å². The number of amides is 1. The number of aryl methyl sites for hydroxylation is 2. The Hall–Kier alpha value is -3.12. The first-order valence-corrected chi connectivity index (χ1v) is 12.0. The third-order valence-corrected chi connectivity index (χ3v) is 6.16. The summed E-state index contributed by atoms with van der Waals surface area (Å²) in [6.45, 7) is 7.83. The number of aliphatic hydroxyl groups excluding tert-OH is 1. The van der Waals surface area contributed by atoms with Gasteiger partial charge >= 0.3 is 0 Å². The summed E-state index contributed by atoms with van der Waals surface area (Å²) in [4.78, 5) is 29.9. The molecule has 1 amide bonds. The Bertz CT molecular complexity index is 1060. The number of ether oxygens (including phenoxy) is 1. The van der Waals surface area contributed by atoms with Gasteiger partial charge in [0.25, 0.3) is 11.7 Å². The Kier molecular flexibility index (Phi) is 8.51. The van der Waals surface area contributed by atoms with E-state index in [9.17, 15) is 14.7 Å². The highest BCUT2D eigenvalue weighted by Crippen LogP contribution is 2.40. The van der Waals surface area contributed by atoms with Crippen LogP contribution in [0.5, 0.6) is 5.75 Å². The Morgan fingerprint density at radius 1 is 1.06 bits per heavy atom. The minimum absolute atomic E-state index is 0.140. The van der Waals surface area contributed by atoms with Crippen LogP contribution >= 0.6 is 0 Å². The van der Waals surface area contributed by atoms with Crippen LogP contribution in [0.3, 0.4) is 0 Å². The minimum Gasteiger partial charge on any atom is -0.507 e. The molecule has 1 N–H and O–H groups in total. The van der Waals surface area contributed by atoms with Crippen LogP contribution < -0.4 is 4.74 Å². The maximum Gasteiger partial charge on any atom is 0.295 e. The number of benzene rings is 2. The smallest absolute Gasteiger partial charge is 0.295 e. The Balaban J connectivity index is 2.02. The van der Waals surface area contributed by atoms with Gasteiger partial charge in [-0.1, -0.05) is 43.2 Å². The van der Waals surface area contributed by atoms with Crippen LogP contribution in [-0.2, 0) is 9.59 Å². The Morgan fingerprint density at radius 3 is 2.38 bits per heavy atom. The largest absolute Gasteiger partial charge is 0.507 e. The van der Waals surface area contributed by atoms with Gasteiger partial charge in [0.2, 0.25) is 0 Å². The fraction of sp³-hybridized carbons (Fsp3) is 0.429. The molecular formula is C28H36N2O4. The summed E-state index contributed by atoms with van der Waals surface area (Å²) in [6.07, 6.45) is 2.74. The van der Waals surface area contributed by atoms with E-state index in [1.807, 2.05) is 63.2 Å². The van der Waals surface area contributed by atoms with E-state index in [0.29, 0.717) is 18.7 Å².